The van der Waals surface area contributed by atoms with Crippen molar-refractivity contribution in [3.63, 3.8) is 0 Å². The number of carbonyl (C=O) groups is 1. The van der Waals surface area contributed by atoms with E-state index >= 15 is 0 Å². The molecule has 122 valence electrons. The van der Waals surface area contributed by atoms with Crippen molar-refractivity contribution in [1.29, 1.82) is 0 Å². The van der Waals surface area contributed by atoms with Crippen molar-refractivity contribution in [3.8, 4) is 0 Å². The van der Waals surface area contributed by atoms with Crippen LogP contribution in [0.3, 0.4) is 0 Å². The molecule has 0 aliphatic carbocycles. The largest absolute Gasteiger partial charge is 0.395 e. The van der Waals surface area contributed by atoms with Crippen LogP contribution in [-0.4, -0.2) is 28.7 Å². The molecule has 0 amide bonds. The fraction of sp³-hybridized carbons (Fsp3) is 0.412. The van der Waals surface area contributed by atoms with Crippen LogP contribution in [0.15, 0.2) is 23.2 Å². The van der Waals surface area contributed by atoms with E-state index in [1.54, 1.807) is 6.92 Å². The lowest BCUT2D eigenvalue weighted by molar-refractivity contribution is 0.102. The van der Waals surface area contributed by atoms with Gasteiger partial charge < -0.3 is 14.4 Å². The van der Waals surface area contributed by atoms with Gasteiger partial charge in [0.15, 0.2) is 10.6 Å². The van der Waals surface area contributed by atoms with Gasteiger partial charge in [0, 0.05) is 19.2 Å². The molecule has 0 atom stereocenters. The normalized spacial score (nSPS) is 14.8. The second kappa shape index (κ2) is 6.78. The number of ether oxygens (including phenoxy) is 1. The first kappa shape index (κ1) is 16.1. The summed E-state index contributed by atoms with van der Waals surface area (Å²) in [5, 5.41) is 9.28. The molecule has 2 aromatic rings. The van der Waals surface area contributed by atoms with Gasteiger partial charge in [-0.1, -0.05) is 17.4 Å². The maximum absolute atomic E-state index is 11.8. The summed E-state index contributed by atoms with van der Waals surface area (Å²) in [6, 6.07) is 6.11. The van der Waals surface area contributed by atoms with Gasteiger partial charge in [-0.25, -0.2) is 4.99 Å². The number of thiazole rings is 1. The van der Waals surface area contributed by atoms with Crippen LogP contribution in [0.4, 0.5) is 5.69 Å². The Morgan fingerprint density at radius 1 is 1.43 bits per heavy atom. The number of rotatable bonds is 4. The Bertz CT molecular complexity index is 805. The van der Waals surface area contributed by atoms with Crippen LogP contribution in [0, 0.1) is 6.92 Å². The minimum absolute atomic E-state index is 0.0175. The average molecular weight is 332 g/mol. The van der Waals surface area contributed by atoms with Crippen LogP contribution in [0.2, 0.25) is 0 Å². The van der Waals surface area contributed by atoms with Gasteiger partial charge in [-0.15, -0.1) is 0 Å². The van der Waals surface area contributed by atoms with Crippen molar-refractivity contribution in [2.24, 2.45) is 4.99 Å². The summed E-state index contributed by atoms with van der Waals surface area (Å²) in [5.74, 6) is 0.0308. The first-order valence-electron chi connectivity index (χ1n) is 7.66. The zero-order chi connectivity index (χ0) is 16.4. The summed E-state index contributed by atoms with van der Waals surface area (Å²) in [5.41, 5.74) is 4.21. The summed E-state index contributed by atoms with van der Waals surface area (Å²) in [7, 11) is 0. The molecule has 0 saturated carbocycles. The smallest absolute Gasteiger partial charge is 0.190 e. The Hall–Kier alpha value is -1.76. The molecule has 0 radical (unpaired) electrons. The molecule has 6 heteroatoms. The van der Waals surface area contributed by atoms with E-state index in [0.717, 1.165) is 29.2 Å². The van der Waals surface area contributed by atoms with E-state index in [0.29, 0.717) is 18.0 Å². The van der Waals surface area contributed by atoms with Gasteiger partial charge in [-0.05, 0) is 36.6 Å². The third-order valence-electron chi connectivity index (χ3n) is 3.99. The molecule has 0 saturated heterocycles. The van der Waals surface area contributed by atoms with Crippen molar-refractivity contribution < 1.29 is 14.6 Å². The summed E-state index contributed by atoms with van der Waals surface area (Å²) in [6.45, 7) is 5.31. The van der Waals surface area contributed by atoms with E-state index in [1.165, 1.54) is 22.5 Å². The molecule has 1 N–H and O–H groups in total. The van der Waals surface area contributed by atoms with E-state index in [9.17, 15) is 9.90 Å². The molecule has 5 nitrogen and oxygen atoms in total. The molecule has 2 heterocycles. The van der Waals surface area contributed by atoms with E-state index in [2.05, 4.69) is 12.1 Å². The maximum Gasteiger partial charge on any atom is 0.190 e. The number of hydrogen-bond donors (Lipinski definition) is 1. The van der Waals surface area contributed by atoms with E-state index in [-0.39, 0.29) is 12.4 Å². The summed E-state index contributed by atoms with van der Waals surface area (Å²) >= 11 is 1.38. The number of Topliss-reactive ketones (excluding diaryl/α,β-unsaturated/α-hetero) is 1. The maximum atomic E-state index is 11.8. The lowest BCUT2D eigenvalue weighted by Gasteiger charge is -2.16. The molecule has 23 heavy (non-hydrogen) atoms. The van der Waals surface area contributed by atoms with Gasteiger partial charge in [-0.2, -0.15) is 0 Å². The second-order valence-electron chi connectivity index (χ2n) is 5.60. The molecule has 1 aromatic carbocycles. The van der Waals surface area contributed by atoms with Crippen molar-refractivity contribution in [1.82, 2.24) is 4.57 Å². The standard InChI is InChI=1S/C17H20N2O3S/c1-11-16(12(2)21)23-17(19(11)6-7-20)18-15-4-3-14-10-22-8-5-13(14)9-15/h3-4,9,20H,5-8,10H2,1-2H3/b18-17-. The Labute approximate surface area is 138 Å². The van der Waals surface area contributed by atoms with Gasteiger partial charge in [0.05, 0.1) is 30.4 Å². The Balaban J connectivity index is 2.08. The highest BCUT2D eigenvalue weighted by molar-refractivity contribution is 7.11. The molecule has 0 unspecified atom stereocenters. The van der Waals surface area contributed by atoms with Crippen LogP contribution in [0.5, 0.6) is 0 Å². The topological polar surface area (TPSA) is 63.8 Å². The zero-order valence-electron chi connectivity index (χ0n) is 13.3. The Morgan fingerprint density at radius 2 is 2.26 bits per heavy atom. The van der Waals surface area contributed by atoms with E-state index < -0.39 is 0 Å². The van der Waals surface area contributed by atoms with Gasteiger partial charge in [0.25, 0.3) is 0 Å². The number of aliphatic hydroxyl groups excluding tert-OH is 1. The Kier molecular flexibility index (Phi) is 4.75. The van der Waals surface area contributed by atoms with Gasteiger partial charge >= 0.3 is 0 Å². The highest BCUT2D eigenvalue weighted by Crippen LogP contribution is 2.23. The van der Waals surface area contributed by atoms with Crippen molar-refractivity contribution in [2.45, 2.75) is 33.4 Å². The first-order chi connectivity index (χ1) is 11.1. The minimum Gasteiger partial charge on any atom is -0.395 e. The molecular formula is C17H20N2O3S. The molecule has 0 bridgehead atoms. The molecule has 1 aliphatic rings. The van der Waals surface area contributed by atoms with E-state index in [1.807, 2.05) is 17.6 Å². The second-order valence-corrected chi connectivity index (χ2v) is 6.58. The van der Waals surface area contributed by atoms with Gasteiger partial charge in [0.2, 0.25) is 0 Å². The zero-order valence-corrected chi connectivity index (χ0v) is 14.2. The Morgan fingerprint density at radius 3 is 3.00 bits per heavy atom. The van der Waals surface area contributed by atoms with Crippen molar-refractivity contribution >= 4 is 22.8 Å². The quantitative estimate of drug-likeness (QED) is 0.874. The van der Waals surface area contributed by atoms with E-state index in [4.69, 9.17) is 9.73 Å². The predicted octanol–water partition coefficient (Wildman–Crippen LogP) is 2.36. The van der Waals surface area contributed by atoms with Gasteiger partial charge in [-0.3, -0.25) is 4.79 Å². The number of nitrogens with zero attached hydrogens (tertiary/aromatic N) is 2. The average Bonchev–Trinajstić information content (AvgIpc) is 2.85. The summed E-state index contributed by atoms with van der Waals surface area (Å²) < 4.78 is 7.36. The fourth-order valence-corrected chi connectivity index (χ4v) is 3.86. The molecule has 0 fully saturated rings. The van der Waals surface area contributed by atoms with Crippen LogP contribution in [0.1, 0.15) is 33.4 Å². The fourth-order valence-electron chi connectivity index (χ4n) is 2.79. The number of aromatic nitrogens is 1. The molecule has 1 aliphatic heterocycles. The number of hydrogen-bond acceptors (Lipinski definition) is 5. The van der Waals surface area contributed by atoms with Crippen LogP contribution < -0.4 is 4.80 Å². The number of benzene rings is 1. The number of carbonyl (C=O) groups excluding carboxylic acids is 1. The highest BCUT2D eigenvalue weighted by atomic mass is 32.1. The van der Waals surface area contributed by atoms with Gasteiger partial charge in [0.1, 0.15) is 0 Å². The lowest BCUT2D eigenvalue weighted by atomic mass is 10.0. The van der Waals surface area contributed by atoms with Crippen LogP contribution >= 0.6 is 11.3 Å². The molecule has 3 rings (SSSR count). The van der Waals surface area contributed by atoms with Crippen molar-refractivity contribution in [2.75, 3.05) is 13.2 Å². The molecule has 1 aromatic heterocycles. The van der Waals surface area contributed by atoms with Crippen LogP contribution in [-0.2, 0) is 24.3 Å². The predicted molar refractivity (Wildman–Crippen MR) is 89.2 cm³/mol. The number of aliphatic hydroxyl groups is 1. The summed E-state index contributed by atoms with van der Waals surface area (Å²) in [4.78, 5) is 17.9. The number of fused-ring (bicyclic) bond motifs is 1. The van der Waals surface area contributed by atoms with Crippen LogP contribution in [0.25, 0.3) is 0 Å². The monoisotopic (exact) mass is 332 g/mol. The minimum atomic E-state index is 0.0175. The molecule has 0 spiro atoms. The third-order valence-corrected chi connectivity index (χ3v) is 5.27. The lowest BCUT2D eigenvalue weighted by Crippen LogP contribution is -2.18. The third kappa shape index (κ3) is 3.29. The number of ketones is 1. The SMILES string of the molecule is CC(=O)c1s/c(=N\c2ccc3c(c2)CCOC3)n(CCO)c1C. The summed E-state index contributed by atoms with van der Waals surface area (Å²) in [6.07, 6.45) is 0.900. The molecular weight excluding hydrogens is 312 g/mol. The highest BCUT2D eigenvalue weighted by Gasteiger charge is 2.14. The van der Waals surface area contributed by atoms with Crippen molar-refractivity contribution in [3.05, 3.63) is 44.7 Å². The first-order valence-corrected chi connectivity index (χ1v) is 8.48.